The minimum atomic E-state index is -0.408. The molecule has 4 rings (SSSR count). The molecule has 0 spiro atoms. The minimum Gasteiger partial charge on any atom is -0.373 e. The molecule has 0 bridgehead atoms. The highest BCUT2D eigenvalue weighted by Crippen LogP contribution is 2.32. The van der Waals surface area contributed by atoms with Crippen molar-refractivity contribution in [2.45, 2.75) is 83.5 Å². The van der Waals surface area contributed by atoms with Crippen molar-refractivity contribution >= 4 is 17.5 Å². The van der Waals surface area contributed by atoms with E-state index in [2.05, 4.69) is 22.5 Å². The Morgan fingerprint density at radius 3 is 2.77 bits per heavy atom. The van der Waals surface area contributed by atoms with Crippen molar-refractivity contribution in [1.29, 1.82) is 0 Å². The second kappa shape index (κ2) is 9.15. The molecule has 0 radical (unpaired) electrons. The first-order valence-electron chi connectivity index (χ1n) is 11.7. The predicted molar refractivity (Wildman–Crippen MR) is 119 cm³/mol. The van der Waals surface area contributed by atoms with E-state index in [4.69, 9.17) is 0 Å². The molecule has 2 N–H and O–H groups in total. The quantitative estimate of drug-likeness (QED) is 0.771. The third kappa shape index (κ3) is 4.56. The number of aryl methyl sites for hydroxylation is 1. The number of piperazine rings is 1. The summed E-state index contributed by atoms with van der Waals surface area (Å²) in [4.78, 5) is 29.4. The van der Waals surface area contributed by atoms with Gasteiger partial charge in [-0.1, -0.05) is 13.0 Å². The summed E-state index contributed by atoms with van der Waals surface area (Å²) in [6, 6.07) is 3.69. The summed E-state index contributed by atoms with van der Waals surface area (Å²) in [7, 11) is 0. The molecule has 1 aromatic rings. The molecule has 2 heterocycles. The Kier molecular flexibility index (Phi) is 6.51. The average Bonchev–Trinajstić information content (AvgIpc) is 3.23. The molecule has 6 nitrogen and oxygen atoms in total. The van der Waals surface area contributed by atoms with Crippen LogP contribution in [0.15, 0.2) is 12.1 Å². The number of anilines is 1. The molecule has 1 unspecified atom stereocenters. The van der Waals surface area contributed by atoms with Gasteiger partial charge in [-0.15, -0.1) is 0 Å². The van der Waals surface area contributed by atoms with E-state index in [-0.39, 0.29) is 29.7 Å². The Morgan fingerprint density at radius 2 is 2.06 bits per heavy atom. The first-order valence-corrected chi connectivity index (χ1v) is 11.7. The van der Waals surface area contributed by atoms with Crippen molar-refractivity contribution in [1.82, 2.24) is 15.1 Å². The Hall–Kier alpha value is -2.15. The lowest BCUT2D eigenvalue weighted by atomic mass is 9.88. The Labute approximate surface area is 184 Å². The van der Waals surface area contributed by atoms with E-state index >= 15 is 0 Å². The molecule has 2 amide bonds. The van der Waals surface area contributed by atoms with Crippen LogP contribution in [0.2, 0.25) is 0 Å². The van der Waals surface area contributed by atoms with Gasteiger partial charge in [0.25, 0.3) is 0 Å². The molecule has 2 fully saturated rings. The van der Waals surface area contributed by atoms with Gasteiger partial charge < -0.3 is 15.5 Å². The molecular weight excluding hydrogens is 395 g/mol. The second-order valence-electron chi connectivity index (χ2n) is 9.41. The number of hydrogen-bond acceptors (Lipinski definition) is 4. The largest absolute Gasteiger partial charge is 0.373 e. The van der Waals surface area contributed by atoms with Crippen LogP contribution in [0.4, 0.5) is 10.1 Å². The lowest BCUT2D eigenvalue weighted by molar-refractivity contribution is -0.134. The van der Waals surface area contributed by atoms with Crippen molar-refractivity contribution in [3.8, 4) is 0 Å². The predicted octanol–water partition coefficient (Wildman–Crippen LogP) is 2.84. The molecule has 1 aliphatic carbocycles. The fraction of sp³-hybridized carbons (Fsp3) is 0.667. The molecule has 2 aliphatic heterocycles. The number of rotatable bonds is 4. The van der Waals surface area contributed by atoms with Gasteiger partial charge in [0, 0.05) is 62.4 Å². The van der Waals surface area contributed by atoms with Crippen LogP contribution in [0.1, 0.15) is 57.1 Å². The van der Waals surface area contributed by atoms with E-state index in [0.717, 1.165) is 63.0 Å². The molecule has 4 atom stereocenters. The summed E-state index contributed by atoms with van der Waals surface area (Å²) in [5.41, 5.74) is 2.37. The van der Waals surface area contributed by atoms with Gasteiger partial charge in [0.1, 0.15) is 11.9 Å². The van der Waals surface area contributed by atoms with E-state index in [1.165, 1.54) is 6.07 Å². The van der Waals surface area contributed by atoms with E-state index in [1.807, 2.05) is 11.8 Å². The second-order valence-corrected chi connectivity index (χ2v) is 9.41. The van der Waals surface area contributed by atoms with Crippen LogP contribution < -0.4 is 10.6 Å². The smallest absolute Gasteiger partial charge is 0.243 e. The topological polar surface area (TPSA) is 64.7 Å². The first-order chi connectivity index (χ1) is 14.9. The van der Waals surface area contributed by atoms with Gasteiger partial charge in [-0.25, -0.2) is 4.39 Å². The summed E-state index contributed by atoms with van der Waals surface area (Å²) < 4.78 is 14.2. The van der Waals surface area contributed by atoms with Gasteiger partial charge in [0.05, 0.1) is 0 Å². The van der Waals surface area contributed by atoms with Crippen molar-refractivity contribution in [3.63, 3.8) is 0 Å². The van der Waals surface area contributed by atoms with Crippen LogP contribution in [0.25, 0.3) is 0 Å². The van der Waals surface area contributed by atoms with E-state index in [0.29, 0.717) is 18.0 Å². The summed E-state index contributed by atoms with van der Waals surface area (Å²) in [5, 5.41) is 6.48. The zero-order chi connectivity index (χ0) is 22.1. The summed E-state index contributed by atoms with van der Waals surface area (Å²) in [5.74, 6) is -0.109. The monoisotopic (exact) mass is 430 g/mol. The zero-order valence-electron chi connectivity index (χ0n) is 18.9. The number of halogens is 1. The van der Waals surface area contributed by atoms with Gasteiger partial charge in [0.15, 0.2) is 0 Å². The SMILES string of the molecule is CC[C@@H]1CN([C@H]2CCC[C@@H](NC(=O)C3Cc4c(F)ccc(C)c4N3)C2)CCN1C(C)=O. The summed E-state index contributed by atoms with van der Waals surface area (Å²) in [6.07, 6.45) is 5.52. The number of nitrogens with one attached hydrogen (secondary N) is 2. The van der Waals surface area contributed by atoms with Gasteiger partial charge >= 0.3 is 0 Å². The van der Waals surface area contributed by atoms with E-state index < -0.39 is 6.04 Å². The van der Waals surface area contributed by atoms with Crippen LogP contribution in [0, 0.1) is 12.7 Å². The van der Waals surface area contributed by atoms with Gasteiger partial charge in [0.2, 0.25) is 11.8 Å². The van der Waals surface area contributed by atoms with Gasteiger partial charge in [-0.2, -0.15) is 0 Å². The van der Waals surface area contributed by atoms with E-state index in [1.54, 1.807) is 13.0 Å². The third-order valence-electron chi connectivity index (χ3n) is 7.41. The Balaban J connectivity index is 1.33. The maximum atomic E-state index is 14.2. The standard InChI is InChI=1S/C24H35FN4O2/c1-4-18-14-28(10-11-29(18)16(3)30)19-7-5-6-17(12-19)26-24(31)22-13-20-21(25)9-8-15(2)23(20)27-22/h8-9,17-19,22,27H,4-7,10-14H2,1-3H3,(H,26,31)/t17-,18-,19+,22?/m1/s1. The molecule has 3 aliphatic rings. The number of amides is 2. The molecule has 7 heteroatoms. The Bertz CT molecular complexity index is 814. The van der Waals surface area contributed by atoms with Gasteiger partial charge in [-0.3, -0.25) is 14.5 Å². The van der Waals surface area contributed by atoms with Crippen molar-refractivity contribution < 1.29 is 14.0 Å². The van der Waals surface area contributed by atoms with Crippen LogP contribution in [-0.2, 0) is 16.0 Å². The van der Waals surface area contributed by atoms with Crippen molar-refractivity contribution in [3.05, 3.63) is 29.1 Å². The highest BCUT2D eigenvalue weighted by Gasteiger charge is 2.35. The molecule has 0 aromatic heterocycles. The highest BCUT2D eigenvalue weighted by molar-refractivity contribution is 5.88. The number of nitrogens with zero attached hydrogens (tertiary/aromatic N) is 2. The molecule has 1 saturated heterocycles. The summed E-state index contributed by atoms with van der Waals surface area (Å²) >= 11 is 0. The molecule has 1 saturated carbocycles. The molecule has 31 heavy (non-hydrogen) atoms. The number of carbonyl (C=O) groups is 2. The van der Waals surface area contributed by atoms with E-state index in [9.17, 15) is 14.0 Å². The van der Waals surface area contributed by atoms with Crippen LogP contribution in [-0.4, -0.2) is 65.4 Å². The number of fused-ring (bicyclic) bond motifs is 1. The molecule has 170 valence electrons. The van der Waals surface area contributed by atoms with Crippen LogP contribution in [0.3, 0.4) is 0 Å². The fourth-order valence-corrected chi connectivity index (χ4v) is 5.63. The summed E-state index contributed by atoms with van der Waals surface area (Å²) in [6.45, 7) is 8.35. The number of hydrogen-bond donors (Lipinski definition) is 2. The fourth-order valence-electron chi connectivity index (χ4n) is 5.63. The average molecular weight is 431 g/mol. The van der Waals surface area contributed by atoms with Crippen LogP contribution in [0.5, 0.6) is 0 Å². The van der Waals surface area contributed by atoms with Crippen molar-refractivity contribution in [2.75, 3.05) is 25.0 Å². The van der Waals surface area contributed by atoms with Gasteiger partial charge in [-0.05, 0) is 50.7 Å². The lowest BCUT2D eigenvalue weighted by Crippen LogP contribution is -2.58. The Morgan fingerprint density at radius 1 is 1.26 bits per heavy atom. The first kappa shape index (κ1) is 22.1. The molecular formula is C24H35FN4O2. The highest BCUT2D eigenvalue weighted by atomic mass is 19.1. The third-order valence-corrected chi connectivity index (χ3v) is 7.41. The number of carbonyl (C=O) groups excluding carboxylic acids is 2. The lowest BCUT2D eigenvalue weighted by Gasteiger charge is -2.46. The number of benzene rings is 1. The maximum Gasteiger partial charge on any atom is 0.243 e. The molecule has 1 aromatic carbocycles. The van der Waals surface area contributed by atoms with Crippen LogP contribution >= 0.6 is 0 Å². The minimum absolute atomic E-state index is 0.0338. The zero-order valence-corrected chi connectivity index (χ0v) is 18.9. The van der Waals surface area contributed by atoms with Crippen molar-refractivity contribution in [2.24, 2.45) is 0 Å². The normalized spacial score (nSPS) is 28.7. The maximum absolute atomic E-state index is 14.2.